The Morgan fingerprint density at radius 3 is 2.42 bits per heavy atom. The summed E-state index contributed by atoms with van der Waals surface area (Å²) < 4.78 is 5.82. The number of amides is 1. The molecular weight excluding hydrogens is 492 g/mol. The molecule has 0 saturated heterocycles. The molecule has 6 nitrogen and oxygen atoms in total. The van der Waals surface area contributed by atoms with E-state index in [0.29, 0.717) is 5.56 Å². The molecule has 4 aromatic rings. The molecule has 2 N–H and O–H groups in total. The molecule has 3 aromatic carbocycles. The summed E-state index contributed by atoms with van der Waals surface area (Å²) in [6, 6.07) is 25.0. The van der Waals surface area contributed by atoms with Crippen molar-refractivity contribution in [1.29, 1.82) is 0 Å². The second-order valence-electron chi connectivity index (χ2n) is 8.99. The van der Waals surface area contributed by atoms with Crippen molar-refractivity contribution in [3.05, 3.63) is 95.4 Å². The van der Waals surface area contributed by atoms with Gasteiger partial charge in [-0.2, -0.15) is 5.10 Å². The van der Waals surface area contributed by atoms with Crippen LogP contribution in [0.3, 0.4) is 0 Å². The Morgan fingerprint density at radius 1 is 0.921 bits per heavy atom. The Hall–Kier alpha value is -3.97. The maximum atomic E-state index is 12.5. The lowest BCUT2D eigenvalue weighted by Crippen LogP contribution is -2.17. The quantitative estimate of drug-likeness (QED) is 0.0990. The zero-order valence-electron chi connectivity index (χ0n) is 21.7. The average Bonchev–Trinajstić information content (AvgIpc) is 3.42. The van der Waals surface area contributed by atoms with Crippen molar-refractivity contribution < 1.29 is 9.53 Å². The van der Waals surface area contributed by atoms with Gasteiger partial charge in [0.2, 0.25) is 0 Å². The molecule has 1 aromatic heterocycles. The normalized spacial score (nSPS) is 11.0. The van der Waals surface area contributed by atoms with Crippen molar-refractivity contribution >= 4 is 34.3 Å². The van der Waals surface area contributed by atoms with Crippen molar-refractivity contribution in [2.24, 2.45) is 5.10 Å². The Balaban J connectivity index is 1.21. The highest BCUT2D eigenvalue weighted by Gasteiger charge is 2.08. The fraction of sp³-hybridized carbons (Fsp3) is 0.258. The molecule has 0 bridgehead atoms. The number of hydrazone groups is 1. The van der Waals surface area contributed by atoms with Crippen LogP contribution in [0, 0.1) is 0 Å². The number of nitrogens with zero attached hydrogens (tertiary/aromatic N) is 2. The number of thiazole rings is 1. The minimum Gasteiger partial charge on any atom is -0.494 e. The monoisotopic (exact) mass is 526 g/mol. The molecule has 1 heterocycles. The van der Waals surface area contributed by atoms with Gasteiger partial charge in [-0.05, 0) is 60.5 Å². The molecule has 0 saturated carbocycles. The lowest BCUT2D eigenvalue weighted by molar-refractivity contribution is 0.0955. The van der Waals surface area contributed by atoms with E-state index in [4.69, 9.17) is 4.74 Å². The van der Waals surface area contributed by atoms with Crippen molar-refractivity contribution in [3.8, 4) is 17.0 Å². The molecule has 4 rings (SSSR count). The largest absolute Gasteiger partial charge is 0.494 e. The van der Waals surface area contributed by atoms with Gasteiger partial charge in [-0.15, -0.1) is 11.3 Å². The molecule has 196 valence electrons. The molecular formula is C31H34N4O2S. The predicted molar refractivity (Wildman–Crippen MR) is 158 cm³/mol. The summed E-state index contributed by atoms with van der Waals surface area (Å²) in [7, 11) is 0. The molecule has 7 heteroatoms. The lowest BCUT2D eigenvalue weighted by atomic mass is 10.1. The smallest absolute Gasteiger partial charge is 0.271 e. The van der Waals surface area contributed by atoms with E-state index in [2.05, 4.69) is 27.8 Å². The van der Waals surface area contributed by atoms with Crippen LogP contribution in [0.25, 0.3) is 11.3 Å². The summed E-state index contributed by atoms with van der Waals surface area (Å²) in [5, 5.41) is 10.2. The average molecular weight is 527 g/mol. The first-order chi connectivity index (χ1) is 18.7. The number of ether oxygens (including phenoxy) is 1. The third-order valence-electron chi connectivity index (χ3n) is 6.00. The number of nitrogens with one attached hydrogen (secondary N) is 2. The summed E-state index contributed by atoms with van der Waals surface area (Å²) >= 11 is 1.54. The number of para-hydroxylation sites is 1. The molecule has 0 aliphatic carbocycles. The van der Waals surface area contributed by atoms with E-state index in [1.807, 2.05) is 72.1 Å². The summed E-state index contributed by atoms with van der Waals surface area (Å²) in [5.74, 6) is 0.583. The summed E-state index contributed by atoms with van der Waals surface area (Å²) in [6.07, 6.45) is 9.10. The minimum absolute atomic E-state index is 0.267. The number of rotatable bonds is 14. The topological polar surface area (TPSA) is 75.6 Å². The molecule has 0 aliphatic heterocycles. The molecule has 0 atom stereocenters. The number of carbonyl (C=O) groups excluding carboxylic acids is 1. The first kappa shape index (κ1) is 27.1. The maximum Gasteiger partial charge on any atom is 0.271 e. The highest BCUT2D eigenvalue weighted by Crippen LogP contribution is 2.27. The van der Waals surface area contributed by atoms with Gasteiger partial charge in [-0.25, -0.2) is 10.4 Å². The Bertz CT molecular complexity index is 1290. The number of unbranched alkanes of at least 4 members (excludes halogenated alkanes) is 5. The van der Waals surface area contributed by atoms with Crippen LogP contribution in [0.1, 0.15) is 61.4 Å². The van der Waals surface area contributed by atoms with Crippen molar-refractivity contribution in [2.75, 3.05) is 11.9 Å². The molecule has 0 radical (unpaired) electrons. The summed E-state index contributed by atoms with van der Waals surface area (Å²) in [4.78, 5) is 17.2. The number of hydrogen-bond donors (Lipinski definition) is 2. The van der Waals surface area contributed by atoms with E-state index >= 15 is 0 Å². The number of anilines is 2. The maximum absolute atomic E-state index is 12.5. The Morgan fingerprint density at radius 2 is 1.66 bits per heavy atom. The fourth-order valence-corrected chi connectivity index (χ4v) is 4.59. The van der Waals surface area contributed by atoms with E-state index in [0.717, 1.165) is 46.4 Å². The molecule has 0 unspecified atom stereocenters. The highest BCUT2D eigenvalue weighted by atomic mass is 32.1. The Labute approximate surface area is 228 Å². The number of aromatic nitrogens is 1. The molecule has 0 aliphatic rings. The van der Waals surface area contributed by atoms with E-state index in [1.165, 1.54) is 43.4 Å². The van der Waals surface area contributed by atoms with E-state index < -0.39 is 0 Å². The van der Waals surface area contributed by atoms with Crippen LogP contribution in [0.2, 0.25) is 0 Å². The highest BCUT2D eigenvalue weighted by molar-refractivity contribution is 7.14. The van der Waals surface area contributed by atoms with Crippen LogP contribution < -0.4 is 15.5 Å². The van der Waals surface area contributed by atoms with Crippen LogP contribution in [0.5, 0.6) is 5.75 Å². The van der Waals surface area contributed by atoms with Gasteiger partial charge < -0.3 is 10.1 Å². The van der Waals surface area contributed by atoms with Crippen LogP contribution in [0.15, 0.2) is 89.3 Å². The molecule has 1 amide bonds. The van der Waals surface area contributed by atoms with Gasteiger partial charge in [-0.3, -0.25) is 4.79 Å². The van der Waals surface area contributed by atoms with Gasteiger partial charge >= 0.3 is 0 Å². The first-order valence-electron chi connectivity index (χ1n) is 13.2. The third kappa shape index (κ3) is 8.56. The minimum atomic E-state index is -0.267. The molecule has 38 heavy (non-hydrogen) atoms. The molecule has 0 spiro atoms. The predicted octanol–water partition coefficient (Wildman–Crippen LogP) is 8.06. The molecule has 0 fully saturated rings. The van der Waals surface area contributed by atoms with Gasteiger partial charge in [0.05, 0.1) is 18.5 Å². The summed E-state index contributed by atoms with van der Waals surface area (Å²) in [5.41, 5.74) is 6.81. The lowest BCUT2D eigenvalue weighted by Gasteiger charge is -2.06. The van der Waals surface area contributed by atoms with Gasteiger partial charge in [0, 0.05) is 22.2 Å². The van der Waals surface area contributed by atoms with E-state index in [9.17, 15) is 4.79 Å². The van der Waals surface area contributed by atoms with Gasteiger partial charge in [0.1, 0.15) is 5.75 Å². The van der Waals surface area contributed by atoms with Crippen LogP contribution >= 0.6 is 11.3 Å². The fourth-order valence-electron chi connectivity index (χ4n) is 3.85. The first-order valence-corrected chi connectivity index (χ1v) is 14.0. The van der Waals surface area contributed by atoms with Crippen molar-refractivity contribution in [2.45, 2.75) is 45.4 Å². The van der Waals surface area contributed by atoms with Crippen LogP contribution in [0.4, 0.5) is 10.8 Å². The van der Waals surface area contributed by atoms with E-state index in [1.54, 1.807) is 18.3 Å². The van der Waals surface area contributed by atoms with Crippen LogP contribution in [-0.4, -0.2) is 23.7 Å². The van der Waals surface area contributed by atoms with Gasteiger partial charge in [-0.1, -0.05) is 69.4 Å². The zero-order chi connectivity index (χ0) is 26.4. The number of carbonyl (C=O) groups is 1. The zero-order valence-corrected chi connectivity index (χ0v) is 22.5. The standard InChI is InChI=1S/C31H34N4O2S/c1-2-3-4-5-6-10-21-37-28-19-13-24(14-20-28)22-32-35-30(36)26-17-15-25(16-18-26)29-23-38-31(34-29)33-27-11-8-7-9-12-27/h7-9,11-20,22-23H,2-6,10,21H2,1H3,(H,33,34)(H,35,36)/b32-22+. The van der Waals surface area contributed by atoms with E-state index in [-0.39, 0.29) is 5.91 Å². The van der Waals surface area contributed by atoms with Crippen molar-refractivity contribution in [1.82, 2.24) is 10.4 Å². The van der Waals surface area contributed by atoms with Crippen molar-refractivity contribution in [3.63, 3.8) is 0 Å². The SMILES string of the molecule is CCCCCCCCOc1ccc(/C=N/NC(=O)c2ccc(-c3csc(Nc4ccccc4)n3)cc2)cc1. The van der Waals surface area contributed by atoms with Crippen LogP contribution in [-0.2, 0) is 0 Å². The third-order valence-corrected chi connectivity index (χ3v) is 6.76. The second kappa shape index (κ2) is 14.7. The number of benzene rings is 3. The van der Waals surface area contributed by atoms with Gasteiger partial charge in [0.25, 0.3) is 5.91 Å². The number of hydrogen-bond acceptors (Lipinski definition) is 6. The van der Waals surface area contributed by atoms with Gasteiger partial charge in [0.15, 0.2) is 5.13 Å². The Kier molecular flexibility index (Phi) is 10.5. The second-order valence-corrected chi connectivity index (χ2v) is 9.85. The summed E-state index contributed by atoms with van der Waals surface area (Å²) in [6.45, 7) is 2.97.